The molecule has 5 heteroatoms. The van der Waals surface area contributed by atoms with Crippen molar-refractivity contribution in [2.75, 3.05) is 11.9 Å². The monoisotopic (exact) mass is 256 g/mol. The Morgan fingerprint density at radius 3 is 2.28 bits per heavy atom. The van der Waals surface area contributed by atoms with Gasteiger partial charge in [-0.1, -0.05) is 6.92 Å². The smallest absolute Gasteiger partial charge is 0.239 e. The Hall–Kier alpha value is -1.65. The Balaban J connectivity index is 2.52. The first-order valence-corrected chi connectivity index (χ1v) is 5.83. The maximum absolute atomic E-state index is 12.9. The van der Waals surface area contributed by atoms with E-state index in [0.717, 1.165) is 24.6 Å². The van der Waals surface area contributed by atoms with Gasteiger partial charge in [0, 0.05) is 17.3 Å². The molecule has 2 N–H and O–H groups in total. The number of rotatable bonds is 5. The fraction of sp³-hybridized carbons (Fsp3) is 0.462. The largest absolute Gasteiger partial charge is 0.376 e. The number of benzene rings is 1. The van der Waals surface area contributed by atoms with E-state index in [1.807, 2.05) is 20.8 Å². The molecule has 0 atom stereocenters. The lowest BCUT2D eigenvalue weighted by atomic mass is 10.0. The average molecular weight is 256 g/mol. The van der Waals surface area contributed by atoms with Gasteiger partial charge in [-0.25, -0.2) is 8.78 Å². The molecular formula is C13H18F2N2O. The topological polar surface area (TPSA) is 41.1 Å². The fourth-order valence-corrected chi connectivity index (χ4v) is 1.35. The number of anilines is 1. The summed E-state index contributed by atoms with van der Waals surface area (Å²) in [5, 5.41) is 5.50. The molecule has 0 bridgehead atoms. The van der Waals surface area contributed by atoms with Crippen LogP contribution in [0.25, 0.3) is 0 Å². The molecule has 0 aromatic heterocycles. The maximum Gasteiger partial charge on any atom is 0.239 e. The molecule has 0 fully saturated rings. The molecule has 1 aromatic carbocycles. The summed E-state index contributed by atoms with van der Waals surface area (Å²) in [5.41, 5.74) is -0.0386. The third-order valence-corrected chi connectivity index (χ3v) is 2.68. The van der Waals surface area contributed by atoms with E-state index < -0.39 is 11.6 Å². The second-order valence-corrected chi connectivity index (χ2v) is 4.80. The van der Waals surface area contributed by atoms with Crippen LogP contribution in [0.3, 0.4) is 0 Å². The molecule has 0 unspecified atom stereocenters. The van der Waals surface area contributed by atoms with Gasteiger partial charge in [-0.15, -0.1) is 0 Å². The summed E-state index contributed by atoms with van der Waals surface area (Å²) < 4.78 is 25.8. The minimum Gasteiger partial charge on any atom is -0.376 e. The van der Waals surface area contributed by atoms with Crippen molar-refractivity contribution in [1.82, 2.24) is 5.32 Å². The van der Waals surface area contributed by atoms with E-state index in [-0.39, 0.29) is 23.7 Å². The van der Waals surface area contributed by atoms with Crippen molar-refractivity contribution in [3.05, 3.63) is 29.8 Å². The van der Waals surface area contributed by atoms with Crippen molar-refractivity contribution in [2.24, 2.45) is 0 Å². The van der Waals surface area contributed by atoms with Crippen molar-refractivity contribution in [2.45, 2.75) is 32.7 Å². The van der Waals surface area contributed by atoms with Crippen molar-refractivity contribution in [3.8, 4) is 0 Å². The van der Waals surface area contributed by atoms with Gasteiger partial charge in [-0.2, -0.15) is 0 Å². The Labute approximate surface area is 106 Å². The van der Waals surface area contributed by atoms with Crippen LogP contribution in [0.4, 0.5) is 14.5 Å². The standard InChI is InChI=1S/C13H18F2N2O/c1-4-13(2,3)17-12(18)8-16-11-6-9(14)5-10(15)7-11/h5-7,16H,4,8H2,1-3H3,(H,17,18). The Kier molecular flexibility index (Phi) is 4.64. The quantitative estimate of drug-likeness (QED) is 0.850. The number of carbonyl (C=O) groups excluding carboxylic acids is 1. The number of nitrogens with one attached hydrogen (secondary N) is 2. The van der Waals surface area contributed by atoms with E-state index in [0.29, 0.717) is 0 Å². The van der Waals surface area contributed by atoms with Gasteiger partial charge in [0.05, 0.1) is 6.54 Å². The van der Waals surface area contributed by atoms with E-state index in [9.17, 15) is 13.6 Å². The molecule has 0 aliphatic rings. The third kappa shape index (κ3) is 4.69. The number of hydrogen-bond donors (Lipinski definition) is 2. The van der Waals surface area contributed by atoms with Crippen molar-refractivity contribution in [3.63, 3.8) is 0 Å². The first kappa shape index (κ1) is 14.4. The molecule has 1 aromatic rings. The molecule has 0 radical (unpaired) electrons. The first-order valence-electron chi connectivity index (χ1n) is 5.83. The molecule has 0 aliphatic heterocycles. The van der Waals surface area contributed by atoms with Crippen LogP contribution in [0.5, 0.6) is 0 Å². The molecule has 3 nitrogen and oxygen atoms in total. The van der Waals surface area contributed by atoms with Crippen LogP contribution in [-0.4, -0.2) is 18.0 Å². The minimum atomic E-state index is -0.674. The lowest BCUT2D eigenvalue weighted by molar-refractivity contribution is -0.121. The van der Waals surface area contributed by atoms with Crippen LogP contribution in [0, 0.1) is 11.6 Å². The van der Waals surface area contributed by atoms with E-state index in [1.54, 1.807) is 0 Å². The molecule has 1 rings (SSSR count). The lowest BCUT2D eigenvalue weighted by Gasteiger charge is -2.24. The molecule has 0 saturated heterocycles. The maximum atomic E-state index is 12.9. The van der Waals surface area contributed by atoms with Crippen molar-refractivity contribution < 1.29 is 13.6 Å². The summed E-state index contributed by atoms with van der Waals surface area (Å²) >= 11 is 0. The van der Waals surface area contributed by atoms with Crippen LogP contribution in [0.1, 0.15) is 27.2 Å². The summed E-state index contributed by atoms with van der Waals surface area (Å²) in [4.78, 5) is 11.6. The van der Waals surface area contributed by atoms with Crippen LogP contribution in [0.15, 0.2) is 18.2 Å². The van der Waals surface area contributed by atoms with Gasteiger partial charge in [-0.05, 0) is 32.4 Å². The zero-order valence-corrected chi connectivity index (χ0v) is 10.8. The van der Waals surface area contributed by atoms with Gasteiger partial charge >= 0.3 is 0 Å². The van der Waals surface area contributed by atoms with E-state index in [4.69, 9.17) is 0 Å². The highest BCUT2D eigenvalue weighted by Gasteiger charge is 2.17. The highest BCUT2D eigenvalue weighted by atomic mass is 19.1. The molecule has 18 heavy (non-hydrogen) atoms. The summed E-state index contributed by atoms with van der Waals surface area (Å²) in [6.45, 7) is 5.77. The van der Waals surface area contributed by atoms with Crippen LogP contribution < -0.4 is 10.6 Å². The predicted molar refractivity (Wildman–Crippen MR) is 67.4 cm³/mol. The lowest BCUT2D eigenvalue weighted by Crippen LogP contribution is -2.45. The minimum absolute atomic E-state index is 0.0215. The first-order chi connectivity index (χ1) is 8.32. The van der Waals surface area contributed by atoms with Gasteiger partial charge in [-0.3, -0.25) is 4.79 Å². The van der Waals surface area contributed by atoms with E-state index in [2.05, 4.69) is 10.6 Å². The number of halogens is 2. The van der Waals surface area contributed by atoms with Gasteiger partial charge in [0.25, 0.3) is 0 Å². The van der Waals surface area contributed by atoms with Gasteiger partial charge < -0.3 is 10.6 Å². The predicted octanol–water partition coefficient (Wildman–Crippen LogP) is 2.68. The average Bonchev–Trinajstić information content (AvgIpc) is 2.24. The second kappa shape index (κ2) is 5.80. The molecule has 0 saturated carbocycles. The number of hydrogen-bond acceptors (Lipinski definition) is 2. The molecule has 0 spiro atoms. The summed E-state index contributed by atoms with van der Waals surface area (Å²) in [6.07, 6.45) is 0.799. The Bertz CT molecular complexity index is 413. The van der Waals surface area contributed by atoms with Crippen molar-refractivity contribution in [1.29, 1.82) is 0 Å². The SMILES string of the molecule is CCC(C)(C)NC(=O)CNc1cc(F)cc(F)c1. The highest BCUT2D eigenvalue weighted by molar-refractivity contribution is 5.81. The van der Waals surface area contributed by atoms with Crippen LogP contribution in [0.2, 0.25) is 0 Å². The molecule has 0 aliphatic carbocycles. The molecule has 1 amide bonds. The second-order valence-electron chi connectivity index (χ2n) is 4.80. The van der Waals surface area contributed by atoms with Gasteiger partial charge in [0.1, 0.15) is 11.6 Å². The Morgan fingerprint density at radius 2 is 1.78 bits per heavy atom. The fourth-order valence-electron chi connectivity index (χ4n) is 1.35. The van der Waals surface area contributed by atoms with Crippen molar-refractivity contribution >= 4 is 11.6 Å². The summed E-state index contributed by atoms with van der Waals surface area (Å²) in [5.74, 6) is -1.56. The molecule has 100 valence electrons. The van der Waals surface area contributed by atoms with Gasteiger partial charge in [0.15, 0.2) is 0 Å². The Morgan fingerprint density at radius 1 is 1.22 bits per heavy atom. The van der Waals surface area contributed by atoms with Crippen LogP contribution >= 0.6 is 0 Å². The number of amides is 1. The zero-order valence-electron chi connectivity index (χ0n) is 10.8. The summed E-state index contributed by atoms with van der Waals surface area (Å²) in [7, 11) is 0. The highest BCUT2D eigenvalue weighted by Crippen LogP contribution is 2.12. The van der Waals surface area contributed by atoms with Gasteiger partial charge in [0.2, 0.25) is 5.91 Å². The normalized spacial score (nSPS) is 11.2. The van der Waals surface area contributed by atoms with Crippen LogP contribution in [-0.2, 0) is 4.79 Å². The molecule has 0 heterocycles. The van der Waals surface area contributed by atoms with E-state index in [1.165, 1.54) is 0 Å². The third-order valence-electron chi connectivity index (χ3n) is 2.68. The summed E-state index contributed by atoms with van der Waals surface area (Å²) in [6, 6.07) is 3.06. The zero-order chi connectivity index (χ0) is 13.8. The molecular weight excluding hydrogens is 238 g/mol. The number of carbonyl (C=O) groups is 1. The van der Waals surface area contributed by atoms with E-state index >= 15 is 0 Å².